The summed E-state index contributed by atoms with van der Waals surface area (Å²) in [6, 6.07) is 0.191. The van der Waals surface area contributed by atoms with Gasteiger partial charge < -0.3 is 15.4 Å². The number of methoxy groups -OCH3 is 1. The molecule has 0 bridgehead atoms. The highest BCUT2D eigenvalue weighted by atomic mass is 16.5. The molecule has 0 spiro atoms. The zero-order valence-corrected chi connectivity index (χ0v) is 11.3. The summed E-state index contributed by atoms with van der Waals surface area (Å²) in [5.41, 5.74) is -0.171. The van der Waals surface area contributed by atoms with Gasteiger partial charge in [0.1, 0.15) is 0 Å². The average molecular weight is 242 g/mol. The summed E-state index contributed by atoms with van der Waals surface area (Å²) in [4.78, 5) is 12.3. The number of ether oxygens (including phenoxy) is 1. The second-order valence-corrected chi connectivity index (χ2v) is 5.11. The van der Waals surface area contributed by atoms with Crippen molar-refractivity contribution < 1.29 is 9.53 Å². The van der Waals surface area contributed by atoms with Crippen molar-refractivity contribution in [1.29, 1.82) is 0 Å². The molecule has 17 heavy (non-hydrogen) atoms. The second kappa shape index (κ2) is 6.97. The first kappa shape index (κ1) is 14.5. The van der Waals surface area contributed by atoms with E-state index in [0.29, 0.717) is 6.61 Å². The lowest BCUT2D eigenvalue weighted by molar-refractivity contribution is -0.131. The molecule has 2 atom stereocenters. The molecule has 1 aliphatic rings. The van der Waals surface area contributed by atoms with Gasteiger partial charge in [0, 0.05) is 26.3 Å². The molecule has 1 aliphatic heterocycles. The molecule has 4 heteroatoms. The van der Waals surface area contributed by atoms with Crippen LogP contribution < -0.4 is 10.6 Å². The van der Waals surface area contributed by atoms with Crippen LogP contribution in [0.25, 0.3) is 0 Å². The predicted molar refractivity (Wildman–Crippen MR) is 68.9 cm³/mol. The number of carbonyl (C=O) groups excluding carboxylic acids is 1. The third-order valence-electron chi connectivity index (χ3n) is 3.59. The molecule has 2 unspecified atom stereocenters. The molecule has 2 N–H and O–H groups in total. The van der Waals surface area contributed by atoms with E-state index in [2.05, 4.69) is 17.6 Å². The van der Waals surface area contributed by atoms with Crippen LogP contribution in [0, 0.1) is 5.41 Å². The van der Waals surface area contributed by atoms with Crippen molar-refractivity contribution >= 4 is 5.91 Å². The third-order valence-corrected chi connectivity index (χ3v) is 3.59. The van der Waals surface area contributed by atoms with Crippen molar-refractivity contribution in [2.75, 3.05) is 26.8 Å². The molecule has 1 amide bonds. The van der Waals surface area contributed by atoms with Crippen molar-refractivity contribution in [2.45, 2.75) is 45.6 Å². The fourth-order valence-electron chi connectivity index (χ4n) is 2.49. The summed E-state index contributed by atoms with van der Waals surface area (Å²) in [7, 11) is 1.69. The first-order valence-electron chi connectivity index (χ1n) is 6.65. The molecule has 100 valence electrons. The van der Waals surface area contributed by atoms with Gasteiger partial charge in [0.05, 0.1) is 5.41 Å². The Hall–Kier alpha value is -0.610. The molecule has 0 aromatic heterocycles. The minimum atomic E-state index is -0.171. The maximum Gasteiger partial charge on any atom is 0.227 e. The fraction of sp³-hybridized carbons (Fsp3) is 0.923. The van der Waals surface area contributed by atoms with Crippen LogP contribution in [0.4, 0.5) is 0 Å². The van der Waals surface area contributed by atoms with Crippen molar-refractivity contribution in [1.82, 2.24) is 10.6 Å². The summed E-state index contributed by atoms with van der Waals surface area (Å²) >= 11 is 0. The normalized spacial score (nSPS) is 25.8. The van der Waals surface area contributed by atoms with Crippen LogP contribution in [0.1, 0.15) is 39.5 Å². The lowest BCUT2D eigenvalue weighted by Crippen LogP contribution is -2.46. The van der Waals surface area contributed by atoms with E-state index < -0.39 is 0 Å². The number of carbonyl (C=O) groups is 1. The summed E-state index contributed by atoms with van der Waals surface area (Å²) in [5.74, 6) is 0.216. The van der Waals surface area contributed by atoms with Crippen LogP contribution in [0.15, 0.2) is 0 Å². The monoisotopic (exact) mass is 242 g/mol. The molecule has 0 saturated carbocycles. The van der Waals surface area contributed by atoms with Gasteiger partial charge in [0.2, 0.25) is 5.91 Å². The summed E-state index contributed by atoms with van der Waals surface area (Å²) in [5, 5.41) is 6.43. The molecule has 0 aliphatic carbocycles. The highest BCUT2D eigenvalue weighted by Crippen LogP contribution is 2.31. The number of hydrogen-bond donors (Lipinski definition) is 2. The smallest absolute Gasteiger partial charge is 0.227 e. The SMILES string of the molecule is CCCC1(C(=O)NC(C)CCOC)CCNC1. The Bertz CT molecular complexity index is 238. The first-order chi connectivity index (χ1) is 8.14. The number of hydrogen-bond acceptors (Lipinski definition) is 3. The van der Waals surface area contributed by atoms with E-state index in [1.54, 1.807) is 7.11 Å². The predicted octanol–water partition coefficient (Wildman–Crippen LogP) is 1.31. The van der Waals surface area contributed by atoms with Crippen LogP contribution in [-0.4, -0.2) is 38.8 Å². The van der Waals surface area contributed by atoms with E-state index in [9.17, 15) is 4.79 Å². The largest absolute Gasteiger partial charge is 0.385 e. The van der Waals surface area contributed by atoms with Crippen molar-refractivity contribution in [2.24, 2.45) is 5.41 Å². The quantitative estimate of drug-likeness (QED) is 0.707. The zero-order valence-electron chi connectivity index (χ0n) is 11.3. The van der Waals surface area contributed by atoms with Crippen LogP contribution in [0.3, 0.4) is 0 Å². The van der Waals surface area contributed by atoms with E-state index in [0.717, 1.165) is 38.8 Å². The van der Waals surface area contributed by atoms with E-state index in [4.69, 9.17) is 4.74 Å². The molecule has 0 radical (unpaired) electrons. The van der Waals surface area contributed by atoms with Gasteiger partial charge >= 0.3 is 0 Å². The highest BCUT2D eigenvalue weighted by molar-refractivity contribution is 5.83. The average Bonchev–Trinajstić information content (AvgIpc) is 2.76. The van der Waals surface area contributed by atoms with Crippen molar-refractivity contribution in [3.05, 3.63) is 0 Å². The minimum Gasteiger partial charge on any atom is -0.385 e. The summed E-state index contributed by atoms with van der Waals surface area (Å²) in [6.07, 6.45) is 3.87. The van der Waals surface area contributed by atoms with Crippen molar-refractivity contribution in [3.8, 4) is 0 Å². The van der Waals surface area contributed by atoms with Gasteiger partial charge in [-0.05, 0) is 32.7 Å². The van der Waals surface area contributed by atoms with Gasteiger partial charge in [-0.25, -0.2) is 0 Å². The Labute approximate surface area is 104 Å². The van der Waals surface area contributed by atoms with Crippen LogP contribution >= 0.6 is 0 Å². The van der Waals surface area contributed by atoms with E-state index in [1.807, 2.05) is 6.92 Å². The molecule has 1 saturated heterocycles. The lowest BCUT2D eigenvalue weighted by atomic mass is 9.81. The van der Waals surface area contributed by atoms with Crippen LogP contribution in [0.2, 0.25) is 0 Å². The molecule has 1 heterocycles. The maximum absolute atomic E-state index is 12.3. The fourth-order valence-corrected chi connectivity index (χ4v) is 2.49. The number of nitrogens with one attached hydrogen (secondary N) is 2. The lowest BCUT2D eigenvalue weighted by Gasteiger charge is -2.28. The van der Waals surface area contributed by atoms with E-state index >= 15 is 0 Å². The minimum absolute atomic E-state index is 0.171. The molecule has 4 nitrogen and oxygen atoms in total. The van der Waals surface area contributed by atoms with Crippen LogP contribution in [0.5, 0.6) is 0 Å². The molecule has 0 aromatic rings. The number of rotatable bonds is 7. The third kappa shape index (κ3) is 3.96. The highest BCUT2D eigenvalue weighted by Gasteiger charge is 2.40. The standard InChI is InChI=1S/C13H26N2O2/c1-4-6-13(7-8-14-10-13)12(16)15-11(2)5-9-17-3/h11,14H,4-10H2,1-3H3,(H,15,16). The molecular formula is C13H26N2O2. The second-order valence-electron chi connectivity index (χ2n) is 5.11. The Morgan fingerprint density at radius 1 is 1.59 bits per heavy atom. The maximum atomic E-state index is 12.3. The molecule has 1 fully saturated rings. The van der Waals surface area contributed by atoms with Crippen molar-refractivity contribution in [3.63, 3.8) is 0 Å². The Kier molecular flexibility index (Phi) is 5.92. The summed E-state index contributed by atoms with van der Waals surface area (Å²) in [6.45, 7) is 6.66. The van der Waals surface area contributed by atoms with Gasteiger partial charge in [0.15, 0.2) is 0 Å². The van der Waals surface area contributed by atoms with E-state index in [-0.39, 0.29) is 17.4 Å². The topological polar surface area (TPSA) is 50.4 Å². The van der Waals surface area contributed by atoms with Gasteiger partial charge in [-0.1, -0.05) is 13.3 Å². The van der Waals surface area contributed by atoms with Gasteiger partial charge in [-0.2, -0.15) is 0 Å². The summed E-state index contributed by atoms with van der Waals surface area (Å²) < 4.78 is 5.03. The molecule has 1 rings (SSSR count). The Morgan fingerprint density at radius 2 is 2.35 bits per heavy atom. The zero-order chi connectivity index (χ0) is 12.7. The Balaban J connectivity index is 2.48. The van der Waals surface area contributed by atoms with Gasteiger partial charge in [0.25, 0.3) is 0 Å². The van der Waals surface area contributed by atoms with Crippen LogP contribution in [-0.2, 0) is 9.53 Å². The molecular weight excluding hydrogens is 216 g/mol. The number of amides is 1. The van der Waals surface area contributed by atoms with Gasteiger partial charge in [-0.3, -0.25) is 4.79 Å². The van der Waals surface area contributed by atoms with E-state index in [1.165, 1.54) is 0 Å². The Morgan fingerprint density at radius 3 is 2.88 bits per heavy atom. The first-order valence-corrected chi connectivity index (χ1v) is 6.65. The molecule has 0 aromatic carbocycles. The van der Waals surface area contributed by atoms with Gasteiger partial charge in [-0.15, -0.1) is 0 Å².